The Kier molecular flexibility index (Phi) is 10.2. The molecule has 1 heterocycles. The van der Waals surface area contributed by atoms with Gasteiger partial charge in [-0.15, -0.1) is 0 Å². The summed E-state index contributed by atoms with van der Waals surface area (Å²) in [5, 5.41) is 4.48. The van der Waals surface area contributed by atoms with Gasteiger partial charge in [-0.25, -0.2) is 0 Å². The van der Waals surface area contributed by atoms with Crippen LogP contribution in [0, 0.1) is 0 Å². The lowest BCUT2D eigenvalue weighted by Crippen LogP contribution is -2.34. The Balaban J connectivity index is 1.59. The molecule has 1 amide bonds. The summed E-state index contributed by atoms with van der Waals surface area (Å²) in [6.07, 6.45) is 4.70. The van der Waals surface area contributed by atoms with Gasteiger partial charge in [0.25, 0.3) is 0 Å². The van der Waals surface area contributed by atoms with Gasteiger partial charge in [-0.2, -0.15) is 0 Å². The van der Waals surface area contributed by atoms with E-state index in [4.69, 9.17) is 4.74 Å². The Labute approximate surface area is 233 Å². The van der Waals surface area contributed by atoms with Gasteiger partial charge in [0.1, 0.15) is 5.75 Å². The number of carbonyl (C=O) groups is 1. The lowest BCUT2D eigenvalue weighted by atomic mass is 9.88. The van der Waals surface area contributed by atoms with Crippen LogP contribution in [0.2, 0.25) is 0 Å². The number of para-hydroxylation sites is 1. The maximum Gasteiger partial charge on any atom is 0.221 e. The summed E-state index contributed by atoms with van der Waals surface area (Å²) in [7, 11) is 1.68. The van der Waals surface area contributed by atoms with Crippen LogP contribution < -0.4 is 10.1 Å². The van der Waals surface area contributed by atoms with Crippen LogP contribution in [0.3, 0.4) is 0 Å². The molecule has 0 aliphatic heterocycles. The topological polar surface area (TPSA) is 46.5 Å². The summed E-state index contributed by atoms with van der Waals surface area (Å²) in [4.78, 5) is 15.9. The van der Waals surface area contributed by atoms with E-state index in [1.807, 2.05) is 18.2 Å². The number of aromatic nitrogens is 1. The zero-order valence-corrected chi connectivity index (χ0v) is 23.9. The van der Waals surface area contributed by atoms with E-state index in [9.17, 15) is 4.79 Å². The molecule has 39 heavy (non-hydrogen) atoms. The number of methoxy groups -OCH3 is 1. The number of fused-ring (bicyclic) bond motifs is 1. The second kappa shape index (κ2) is 14.0. The highest BCUT2D eigenvalue weighted by atomic mass is 16.5. The van der Waals surface area contributed by atoms with Crippen LogP contribution in [0.15, 0.2) is 85.1 Å². The lowest BCUT2D eigenvalue weighted by Gasteiger charge is -2.21. The minimum Gasteiger partial charge on any atom is -0.497 e. The van der Waals surface area contributed by atoms with Crippen LogP contribution in [-0.4, -0.2) is 48.2 Å². The van der Waals surface area contributed by atoms with Crippen LogP contribution >= 0.6 is 0 Å². The largest absolute Gasteiger partial charge is 0.497 e. The van der Waals surface area contributed by atoms with Crippen molar-refractivity contribution in [3.05, 3.63) is 102 Å². The molecule has 5 heteroatoms. The van der Waals surface area contributed by atoms with Crippen molar-refractivity contribution in [1.82, 2.24) is 14.8 Å². The molecule has 1 aromatic heterocycles. The molecule has 0 fully saturated rings. The van der Waals surface area contributed by atoms with E-state index in [1.165, 1.54) is 22.0 Å². The van der Waals surface area contributed by atoms with Gasteiger partial charge >= 0.3 is 0 Å². The molecule has 4 rings (SSSR count). The van der Waals surface area contributed by atoms with Gasteiger partial charge in [0.05, 0.1) is 7.11 Å². The standard InChI is InChI=1S/C34H43N3O2/c1-5-36(6-2)22-12-13-26(3)35-34(38)23-31(28-18-20-29(39-4)21-19-28)32-25-37(24-27-14-8-7-9-15-27)33-17-11-10-16-30(32)33/h7-11,14-21,25-26,31H,5-6,12-13,22-24H2,1-4H3,(H,35,38)/t26-,31-/m0/s1. The summed E-state index contributed by atoms with van der Waals surface area (Å²) in [5.74, 6) is 0.835. The molecule has 0 aliphatic carbocycles. The monoisotopic (exact) mass is 525 g/mol. The highest BCUT2D eigenvalue weighted by Gasteiger charge is 2.23. The molecule has 0 bridgehead atoms. The van der Waals surface area contributed by atoms with Crippen molar-refractivity contribution in [2.45, 2.75) is 58.5 Å². The minimum absolute atomic E-state index is 0.0688. The van der Waals surface area contributed by atoms with E-state index in [1.54, 1.807) is 7.11 Å². The highest BCUT2D eigenvalue weighted by molar-refractivity contribution is 5.87. The van der Waals surface area contributed by atoms with Gasteiger partial charge < -0.3 is 19.5 Å². The maximum atomic E-state index is 13.4. The molecule has 0 spiro atoms. The predicted molar refractivity (Wildman–Crippen MR) is 162 cm³/mol. The van der Waals surface area contributed by atoms with Crippen LogP contribution in [0.1, 0.15) is 62.6 Å². The van der Waals surface area contributed by atoms with E-state index < -0.39 is 0 Å². The molecule has 0 saturated heterocycles. The van der Waals surface area contributed by atoms with Crippen molar-refractivity contribution in [2.24, 2.45) is 0 Å². The molecule has 5 nitrogen and oxygen atoms in total. The zero-order valence-electron chi connectivity index (χ0n) is 23.9. The average molecular weight is 526 g/mol. The van der Waals surface area contributed by atoms with Gasteiger partial charge in [-0.3, -0.25) is 4.79 Å². The number of benzene rings is 3. The van der Waals surface area contributed by atoms with Crippen molar-refractivity contribution in [2.75, 3.05) is 26.7 Å². The number of rotatable bonds is 14. The third-order valence-electron chi connectivity index (χ3n) is 7.71. The Bertz CT molecular complexity index is 1310. The van der Waals surface area contributed by atoms with Gasteiger partial charge in [-0.1, -0.05) is 74.5 Å². The minimum atomic E-state index is -0.0688. The molecule has 0 aliphatic rings. The molecule has 206 valence electrons. The smallest absolute Gasteiger partial charge is 0.221 e. The Hall–Kier alpha value is -3.57. The fourth-order valence-corrected chi connectivity index (χ4v) is 5.46. The first kappa shape index (κ1) is 28.4. The Morgan fingerprint density at radius 3 is 2.33 bits per heavy atom. The number of nitrogens with one attached hydrogen (secondary N) is 1. The summed E-state index contributed by atoms with van der Waals surface area (Å²) < 4.78 is 7.72. The number of nitrogens with zero attached hydrogens (tertiary/aromatic N) is 2. The first-order valence-corrected chi connectivity index (χ1v) is 14.3. The Morgan fingerprint density at radius 2 is 1.64 bits per heavy atom. The number of ether oxygens (including phenoxy) is 1. The number of hydrogen-bond donors (Lipinski definition) is 1. The van der Waals surface area contributed by atoms with Crippen molar-refractivity contribution in [1.29, 1.82) is 0 Å². The van der Waals surface area contributed by atoms with Crippen LogP contribution in [0.5, 0.6) is 5.75 Å². The fourth-order valence-electron chi connectivity index (χ4n) is 5.46. The normalized spacial score (nSPS) is 12.9. The Morgan fingerprint density at radius 1 is 0.949 bits per heavy atom. The summed E-state index contributed by atoms with van der Waals surface area (Å²) in [5.41, 5.74) is 4.72. The van der Waals surface area contributed by atoms with Gasteiger partial charge in [0, 0.05) is 42.0 Å². The second-order valence-corrected chi connectivity index (χ2v) is 10.4. The van der Waals surface area contributed by atoms with Gasteiger partial charge in [-0.05, 0) is 74.3 Å². The second-order valence-electron chi connectivity index (χ2n) is 10.4. The van der Waals surface area contributed by atoms with E-state index in [-0.39, 0.29) is 17.9 Å². The third-order valence-corrected chi connectivity index (χ3v) is 7.71. The van der Waals surface area contributed by atoms with Crippen LogP contribution in [0.4, 0.5) is 0 Å². The number of carbonyl (C=O) groups excluding carboxylic acids is 1. The van der Waals surface area contributed by atoms with Crippen molar-refractivity contribution in [3.8, 4) is 5.75 Å². The van der Waals surface area contributed by atoms with E-state index >= 15 is 0 Å². The molecular weight excluding hydrogens is 482 g/mol. The first-order valence-electron chi connectivity index (χ1n) is 14.3. The average Bonchev–Trinajstić information content (AvgIpc) is 3.32. The predicted octanol–water partition coefficient (Wildman–Crippen LogP) is 6.85. The number of hydrogen-bond acceptors (Lipinski definition) is 3. The molecule has 0 unspecified atom stereocenters. The fraction of sp³-hybridized carbons (Fsp3) is 0.382. The number of amides is 1. The van der Waals surface area contributed by atoms with Crippen LogP contribution in [0.25, 0.3) is 10.9 Å². The molecule has 4 aromatic rings. The first-order chi connectivity index (χ1) is 19.0. The third kappa shape index (κ3) is 7.51. The van der Waals surface area contributed by atoms with Crippen molar-refractivity contribution < 1.29 is 9.53 Å². The van der Waals surface area contributed by atoms with Gasteiger partial charge in [0.15, 0.2) is 0 Å². The summed E-state index contributed by atoms with van der Waals surface area (Å²) >= 11 is 0. The zero-order chi connectivity index (χ0) is 27.6. The van der Waals surface area contributed by atoms with E-state index in [0.717, 1.165) is 50.3 Å². The molecule has 3 aromatic carbocycles. The quantitative estimate of drug-likeness (QED) is 0.196. The van der Waals surface area contributed by atoms with Crippen molar-refractivity contribution in [3.63, 3.8) is 0 Å². The maximum absolute atomic E-state index is 13.4. The molecule has 0 radical (unpaired) electrons. The van der Waals surface area contributed by atoms with Gasteiger partial charge in [0.2, 0.25) is 5.91 Å². The lowest BCUT2D eigenvalue weighted by molar-refractivity contribution is -0.121. The molecule has 2 atom stereocenters. The highest BCUT2D eigenvalue weighted by Crippen LogP contribution is 2.36. The molecular formula is C34H43N3O2. The molecule has 0 saturated carbocycles. The van der Waals surface area contributed by atoms with E-state index in [2.05, 4.69) is 102 Å². The summed E-state index contributed by atoms with van der Waals surface area (Å²) in [6, 6.07) is 27.3. The van der Waals surface area contributed by atoms with Crippen molar-refractivity contribution >= 4 is 16.8 Å². The van der Waals surface area contributed by atoms with E-state index in [0.29, 0.717) is 6.42 Å². The SMILES string of the molecule is CCN(CC)CCC[C@H](C)NC(=O)C[C@@H](c1ccc(OC)cc1)c1cn(Cc2ccccc2)c2ccccc12. The molecule has 1 N–H and O–H groups in total. The van der Waals surface area contributed by atoms with Crippen LogP contribution in [-0.2, 0) is 11.3 Å². The summed E-state index contributed by atoms with van der Waals surface area (Å²) in [6.45, 7) is 10.5.